The lowest BCUT2D eigenvalue weighted by atomic mass is 10.0. The number of aromatic nitrogens is 4. The summed E-state index contributed by atoms with van der Waals surface area (Å²) >= 11 is 1.84. The van der Waals surface area contributed by atoms with Crippen molar-refractivity contribution in [1.82, 2.24) is 19.9 Å². The fraction of sp³-hybridized carbons (Fsp3) is 0. The summed E-state index contributed by atoms with van der Waals surface area (Å²) in [7, 11) is 0. The van der Waals surface area contributed by atoms with Crippen LogP contribution in [0.15, 0.2) is 174 Å². The number of pyridine rings is 1. The molecule has 0 unspecified atom stereocenters. The minimum absolute atomic E-state index is 0.593. The van der Waals surface area contributed by atoms with Crippen molar-refractivity contribution in [2.24, 2.45) is 0 Å². The van der Waals surface area contributed by atoms with E-state index >= 15 is 0 Å². The fourth-order valence-corrected chi connectivity index (χ4v) is 8.78. The van der Waals surface area contributed by atoms with Gasteiger partial charge < -0.3 is 4.42 Å². The molecule has 0 radical (unpaired) electrons. The van der Waals surface area contributed by atoms with Crippen LogP contribution in [-0.4, -0.2) is 19.9 Å². The maximum atomic E-state index is 6.60. The molecule has 252 valence electrons. The molecule has 6 heteroatoms. The lowest BCUT2D eigenvalue weighted by Gasteiger charge is -2.10. The zero-order valence-corrected chi connectivity index (χ0v) is 29.6. The molecule has 0 saturated heterocycles. The average molecular weight is 709 g/mol. The van der Waals surface area contributed by atoms with E-state index < -0.39 is 0 Å². The zero-order chi connectivity index (χ0) is 35.6. The van der Waals surface area contributed by atoms with Crippen LogP contribution in [-0.2, 0) is 0 Å². The monoisotopic (exact) mass is 708 g/mol. The third kappa shape index (κ3) is 4.99. The Morgan fingerprint density at radius 2 is 1.00 bits per heavy atom. The second kappa shape index (κ2) is 12.3. The minimum atomic E-state index is 0.593. The molecular weight excluding hydrogens is 681 g/mol. The molecule has 4 heterocycles. The molecule has 0 atom stereocenters. The van der Waals surface area contributed by atoms with E-state index in [1.54, 1.807) is 0 Å². The van der Waals surface area contributed by atoms with Crippen molar-refractivity contribution in [3.63, 3.8) is 0 Å². The summed E-state index contributed by atoms with van der Waals surface area (Å²) in [5.74, 6) is 1.83. The van der Waals surface area contributed by atoms with E-state index in [2.05, 4.69) is 97.1 Å². The molecule has 0 fully saturated rings. The third-order valence-electron chi connectivity index (χ3n) is 10.1. The Bertz CT molecular complexity index is 3210. The number of benzene rings is 7. The molecule has 0 amide bonds. The maximum Gasteiger partial charge on any atom is 0.164 e. The normalized spacial score (nSPS) is 11.7. The Balaban J connectivity index is 1.07. The molecule has 0 bridgehead atoms. The van der Waals surface area contributed by atoms with E-state index in [9.17, 15) is 0 Å². The van der Waals surface area contributed by atoms with Crippen molar-refractivity contribution in [2.75, 3.05) is 0 Å². The van der Waals surface area contributed by atoms with Gasteiger partial charge in [0.25, 0.3) is 0 Å². The van der Waals surface area contributed by atoms with Gasteiger partial charge in [0.1, 0.15) is 11.3 Å². The average Bonchev–Trinajstić information content (AvgIpc) is 3.83. The van der Waals surface area contributed by atoms with Crippen molar-refractivity contribution in [3.05, 3.63) is 170 Å². The highest BCUT2D eigenvalue weighted by atomic mass is 32.1. The molecule has 5 nitrogen and oxygen atoms in total. The van der Waals surface area contributed by atoms with Crippen LogP contribution in [0.2, 0.25) is 0 Å². The smallest absolute Gasteiger partial charge is 0.164 e. The van der Waals surface area contributed by atoms with Crippen LogP contribution in [0.4, 0.5) is 0 Å². The highest BCUT2D eigenvalue weighted by Crippen LogP contribution is 2.42. The van der Waals surface area contributed by atoms with Crippen molar-refractivity contribution in [2.45, 2.75) is 0 Å². The Kier molecular flexibility index (Phi) is 6.97. The van der Waals surface area contributed by atoms with Gasteiger partial charge in [-0.1, -0.05) is 140 Å². The predicted molar refractivity (Wildman–Crippen MR) is 222 cm³/mol. The van der Waals surface area contributed by atoms with Gasteiger partial charge in [0.15, 0.2) is 23.1 Å². The molecule has 7 aromatic carbocycles. The largest absolute Gasteiger partial charge is 0.454 e. The Morgan fingerprint density at radius 3 is 1.78 bits per heavy atom. The van der Waals surface area contributed by atoms with Gasteiger partial charge in [0.2, 0.25) is 0 Å². The maximum absolute atomic E-state index is 6.60. The minimum Gasteiger partial charge on any atom is -0.454 e. The second-order valence-corrected chi connectivity index (χ2v) is 14.4. The topological polar surface area (TPSA) is 64.7 Å². The molecule has 11 rings (SSSR count). The van der Waals surface area contributed by atoms with E-state index in [0.29, 0.717) is 17.5 Å². The van der Waals surface area contributed by atoms with Crippen LogP contribution in [0.3, 0.4) is 0 Å². The van der Waals surface area contributed by atoms with Crippen LogP contribution in [0, 0.1) is 0 Å². The van der Waals surface area contributed by atoms with E-state index in [4.69, 9.17) is 24.4 Å². The molecule has 54 heavy (non-hydrogen) atoms. The molecule has 4 aromatic heterocycles. The first kappa shape index (κ1) is 30.6. The van der Waals surface area contributed by atoms with E-state index in [1.807, 2.05) is 84.1 Å². The highest BCUT2D eigenvalue weighted by molar-refractivity contribution is 7.26. The van der Waals surface area contributed by atoms with Crippen molar-refractivity contribution < 1.29 is 4.42 Å². The summed E-state index contributed by atoms with van der Waals surface area (Å²) in [6.45, 7) is 0. The van der Waals surface area contributed by atoms with Gasteiger partial charge >= 0.3 is 0 Å². The summed E-state index contributed by atoms with van der Waals surface area (Å²) in [5.41, 5.74) is 9.39. The Hall–Kier alpha value is -7.02. The number of rotatable bonds is 5. The summed E-state index contributed by atoms with van der Waals surface area (Å²) in [6, 6.07) is 58.5. The summed E-state index contributed by atoms with van der Waals surface area (Å²) < 4.78 is 9.19. The van der Waals surface area contributed by atoms with Gasteiger partial charge in [-0.3, -0.25) is 0 Å². The lowest BCUT2D eigenvalue weighted by molar-refractivity contribution is 0.669. The van der Waals surface area contributed by atoms with Crippen LogP contribution < -0.4 is 0 Å². The quantitative estimate of drug-likeness (QED) is 0.178. The third-order valence-corrected chi connectivity index (χ3v) is 11.4. The highest BCUT2D eigenvalue weighted by Gasteiger charge is 2.20. The molecule has 0 saturated carbocycles. The Morgan fingerprint density at radius 1 is 0.407 bits per heavy atom. The van der Waals surface area contributed by atoms with Crippen molar-refractivity contribution in [3.8, 4) is 56.5 Å². The number of furan rings is 1. The fourth-order valence-electron chi connectivity index (χ4n) is 7.54. The van der Waals surface area contributed by atoms with Gasteiger partial charge in [0, 0.05) is 58.6 Å². The zero-order valence-electron chi connectivity index (χ0n) is 28.8. The van der Waals surface area contributed by atoms with Gasteiger partial charge in [-0.05, 0) is 41.5 Å². The first-order chi connectivity index (χ1) is 26.7. The predicted octanol–water partition coefficient (Wildman–Crippen LogP) is 13.0. The summed E-state index contributed by atoms with van der Waals surface area (Å²) in [5, 5.41) is 5.63. The molecule has 0 aliphatic rings. The van der Waals surface area contributed by atoms with Crippen LogP contribution >= 0.6 is 11.3 Å². The molecule has 11 aromatic rings. The lowest BCUT2D eigenvalue weighted by Crippen LogP contribution is -2.00. The summed E-state index contributed by atoms with van der Waals surface area (Å²) in [4.78, 5) is 20.3. The Labute approximate surface area is 313 Å². The van der Waals surface area contributed by atoms with E-state index in [0.717, 1.165) is 66.4 Å². The van der Waals surface area contributed by atoms with E-state index in [1.165, 1.54) is 25.7 Å². The van der Waals surface area contributed by atoms with Crippen LogP contribution in [0.5, 0.6) is 0 Å². The number of para-hydroxylation sites is 1. The number of fused-ring (bicyclic) bond motifs is 8. The first-order valence-corrected chi connectivity index (χ1v) is 18.7. The first-order valence-electron chi connectivity index (χ1n) is 17.9. The van der Waals surface area contributed by atoms with E-state index in [-0.39, 0.29) is 0 Å². The SMILES string of the molecule is c1ccc(-c2nc(-c3ccc(-c4cccc5c4sc4ccccc45)cc3)nc(-c3ccc4oc5c(-c6ccccc6)nc6ccccc6c5c4c3)n2)cc1. The number of thiophene rings is 1. The molecule has 0 spiro atoms. The number of nitrogens with zero attached hydrogens (tertiary/aromatic N) is 4. The second-order valence-electron chi connectivity index (χ2n) is 13.4. The summed E-state index contributed by atoms with van der Waals surface area (Å²) in [6.07, 6.45) is 0. The molecule has 0 aliphatic carbocycles. The molecule has 0 N–H and O–H groups in total. The van der Waals surface area contributed by atoms with Crippen molar-refractivity contribution in [1.29, 1.82) is 0 Å². The van der Waals surface area contributed by atoms with Crippen molar-refractivity contribution >= 4 is 64.4 Å². The number of hydrogen-bond donors (Lipinski definition) is 0. The molecule has 0 aliphatic heterocycles. The molecular formula is C48H28N4OS. The standard InChI is InChI=1S/C48H28N4OS/c1-3-12-30(13-4-1)43-44-42(37-17-7-9-20-39(37)49-43)38-28-33(26-27-40(38)53-44)48-51-46(31-14-5-2-6-15-31)50-47(52-48)32-24-22-29(23-25-32)34-18-11-19-36-35-16-8-10-21-41(35)54-45(34)36/h1-28H. The van der Waals surface area contributed by atoms with Crippen LogP contribution in [0.25, 0.3) is 110 Å². The van der Waals surface area contributed by atoms with Gasteiger partial charge in [0.05, 0.1) is 5.52 Å². The van der Waals surface area contributed by atoms with Gasteiger partial charge in [-0.25, -0.2) is 19.9 Å². The number of hydrogen-bond acceptors (Lipinski definition) is 6. The van der Waals surface area contributed by atoms with Gasteiger partial charge in [-0.2, -0.15) is 0 Å². The van der Waals surface area contributed by atoms with Gasteiger partial charge in [-0.15, -0.1) is 11.3 Å². The van der Waals surface area contributed by atoms with Crippen LogP contribution in [0.1, 0.15) is 0 Å².